The molecule has 0 bridgehead atoms. The van der Waals surface area contributed by atoms with Crippen molar-refractivity contribution >= 4 is 28.8 Å². The normalized spacial score (nSPS) is 22.4. The maximum atomic E-state index is 8.53. The number of nitrogens with zero attached hydrogens (tertiary/aromatic N) is 2. The second-order valence-electron chi connectivity index (χ2n) is 4.90. The summed E-state index contributed by atoms with van der Waals surface area (Å²) in [5.41, 5.74) is 4.15. The molecule has 1 aromatic rings. The third kappa shape index (κ3) is 2.82. The van der Waals surface area contributed by atoms with Gasteiger partial charge in [-0.15, -0.1) is 0 Å². The molecule has 1 atom stereocenters. The number of thioether (sulfide) groups is 1. The Morgan fingerprint density at radius 3 is 3.26 bits per heavy atom. The average molecular weight is 275 g/mol. The minimum absolute atomic E-state index is 0.593. The van der Waals surface area contributed by atoms with Crippen LogP contribution >= 0.6 is 11.8 Å². The lowest BCUT2D eigenvalue weighted by molar-refractivity contribution is 0.240. The molecule has 0 amide bonds. The van der Waals surface area contributed by atoms with Crippen molar-refractivity contribution in [2.24, 2.45) is 15.9 Å². The molecule has 2 heterocycles. The van der Waals surface area contributed by atoms with Crippen molar-refractivity contribution < 1.29 is 5.21 Å². The first-order valence-electron chi connectivity index (χ1n) is 6.64. The molecule has 0 saturated carbocycles. The zero-order chi connectivity index (χ0) is 13.1. The van der Waals surface area contributed by atoms with Crippen LogP contribution in [0.3, 0.4) is 0 Å². The molecule has 1 unspecified atom stereocenters. The fourth-order valence-corrected chi connectivity index (χ4v) is 3.79. The van der Waals surface area contributed by atoms with Crippen LogP contribution < -0.4 is 5.48 Å². The predicted molar refractivity (Wildman–Crippen MR) is 78.7 cm³/mol. The van der Waals surface area contributed by atoms with E-state index in [2.05, 4.69) is 17.1 Å². The van der Waals surface area contributed by atoms with Crippen molar-refractivity contribution in [3.8, 4) is 0 Å². The van der Waals surface area contributed by atoms with E-state index in [-0.39, 0.29) is 0 Å². The van der Waals surface area contributed by atoms with Gasteiger partial charge in [0.1, 0.15) is 6.34 Å². The summed E-state index contributed by atoms with van der Waals surface area (Å²) in [6.07, 6.45) is 6.10. The molecule has 0 saturated heterocycles. The van der Waals surface area contributed by atoms with Crippen LogP contribution in [0.4, 0.5) is 5.69 Å². The second kappa shape index (κ2) is 5.75. The molecule has 2 aliphatic rings. The topological polar surface area (TPSA) is 57.0 Å². The van der Waals surface area contributed by atoms with Crippen LogP contribution in [-0.4, -0.2) is 23.1 Å². The van der Waals surface area contributed by atoms with E-state index in [1.807, 2.05) is 23.3 Å². The monoisotopic (exact) mass is 275 g/mol. The highest BCUT2D eigenvalue weighted by atomic mass is 32.2. The first-order chi connectivity index (χ1) is 9.36. The molecule has 2 aliphatic heterocycles. The molecule has 0 fully saturated rings. The van der Waals surface area contributed by atoms with Crippen molar-refractivity contribution in [1.29, 1.82) is 0 Å². The van der Waals surface area contributed by atoms with E-state index in [0.29, 0.717) is 5.92 Å². The van der Waals surface area contributed by atoms with E-state index >= 15 is 0 Å². The van der Waals surface area contributed by atoms with Crippen molar-refractivity contribution in [1.82, 2.24) is 5.48 Å². The van der Waals surface area contributed by atoms with Gasteiger partial charge >= 0.3 is 0 Å². The van der Waals surface area contributed by atoms with Gasteiger partial charge in [0.05, 0.1) is 10.7 Å². The lowest BCUT2D eigenvalue weighted by atomic mass is 9.94. The summed E-state index contributed by atoms with van der Waals surface area (Å²) in [5.74, 6) is 0.593. The van der Waals surface area contributed by atoms with Crippen LogP contribution in [0.1, 0.15) is 24.8 Å². The van der Waals surface area contributed by atoms with Gasteiger partial charge in [-0.05, 0) is 43.0 Å². The van der Waals surface area contributed by atoms with Gasteiger partial charge < -0.3 is 0 Å². The number of rotatable bonds is 2. The van der Waals surface area contributed by atoms with Gasteiger partial charge in [0, 0.05) is 17.4 Å². The van der Waals surface area contributed by atoms with Gasteiger partial charge in [-0.2, -0.15) is 0 Å². The maximum absolute atomic E-state index is 8.53. The van der Waals surface area contributed by atoms with Crippen LogP contribution in [0.2, 0.25) is 0 Å². The third-order valence-electron chi connectivity index (χ3n) is 3.57. The van der Waals surface area contributed by atoms with Crippen LogP contribution in [0.15, 0.2) is 33.1 Å². The van der Waals surface area contributed by atoms with Gasteiger partial charge in [-0.25, -0.2) is 4.99 Å². The number of hydroxylamine groups is 1. The fourth-order valence-electron chi connectivity index (χ4n) is 2.64. The van der Waals surface area contributed by atoms with E-state index in [1.165, 1.54) is 41.1 Å². The largest absolute Gasteiger partial charge is 0.290 e. The van der Waals surface area contributed by atoms with Crippen LogP contribution in [-0.2, 0) is 6.42 Å². The van der Waals surface area contributed by atoms with Gasteiger partial charge in [0.15, 0.2) is 0 Å². The Bertz CT molecular complexity index is 527. The van der Waals surface area contributed by atoms with E-state index in [4.69, 9.17) is 10.2 Å². The minimum atomic E-state index is 0.593. The molecular weight excluding hydrogens is 258 g/mol. The molecule has 1 aromatic carbocycles. The first-order valence-corrected chi connectivity index (χ1v) is 7.46. The van der Waals surface area contributed by atoms with Gasteiger partial charge in [-0.3, -0.25) is 15.7 Å². The van der Waals surface area contributed by atoms with E-state index in [9.17, 15) is 0 Å². The number of aliphatic imine (C=N–C) groups is 2. The summed E-state index contributed by atoms with van der Waals surface area (Å²) in [6.45, 7) is 0.985. The highest BCUT2D eigenvalue weighted by Crippen LogP contribution is 2.39. The van der Waals surface area contributed by atoms with Gasteiger partial charge in [0.2, 0.25) is 0 Å². The molecule has 19 heavy (non-hydrogen) atoms. The number of benzene rings is 1. The summed E-state index contributed by atoms with van der Waals surface area (Å²) in [6, 6.07) is 6.18. The third-order valence-corrected chi connectivity index (χ3v) is 4.86. The Hall–Kier alpha value is -1.33. The van der Waals surface area contributed by atoms with Gasteiger partial charge in [-0.1, -0.05) is 18.2 Å². The number of nitrogens with one attached hydrogen (secondary N) is 1. The molecule has 0 radical (unpaired) electrons. The van der Waals surface area contributed by atoms with E-state index < -0.39 is 0 Å². The number of fused-ring (bicyclic) bond motifs is 2. The van der Waals surface area contributed by atoms with Crippen molar-refractivity contribution in [2.75, 3.05) is 6.54 Å². The Morgan fingerprint density at radius 1 is 1.42 bits per heavy atom. The molecule has 0 aromatic heterocycles. The second-order valence-corrected chi connectivity index (χ2v) is 5.96. The summed E-state index contributed by atoms with van der Waals surface area (Å²) >= 11 is 1.82. The van der Waals surface area contributed by atoms with Crippen LogP contribution in [0, 0.1) is 5.92 Å². The van der Waals surface area contributed by atoms with Crippen molar-refractivity contribution in [3.63, 3.8) is 0 Å². The summed E-state index contributed by atoms with van der Waals surface area (Å²) in [4.78, 5) is 10.2. The molecule has 2 N–H and O–H groups in total. The Labute approximate surface area is 117 Å². The number of hydrogen-bond donors (Lipinski definition) is 2. The smallest absolute Gasteiger partial charge is 0.113 e. The van der Waals surface area contributed by atoms with Gasteiger partial charge in [0.25, 0.3) is 0 Å². The quantitative estimate of drug-likeness (QED) is 0.495. The summed E-state index contributed by atoms with van der Waals surface area (Å²) in [5, 5.41) is 9.85. The minimum Gasteiger partial charge on any atom is -0.290 e. The van der Waals surface area contributed by atoms with Crippen LogP contribution in [0.25, 0.3) is 0 Å². The highest BCUT2D eigenvalue weighted by molar-refractivity contribution is 8.14. The molecule has 4 nitrogen and oxygen atoms in total. The maximum Gasteiger partial charge on any atom is 0.113 e. The first kappa shape index (κ1) is 12.7. The van der Waals surface area contributed by atoms with Crippen LogP contribution in [0.5, 0.6) is 0 Å². The predicted octanol–water partition coefficient (Wildman–Crippen LogP) is 3.17. The lowest BCUT2D eigenvalue weighted by Crippen LogP contribution is -2.18. The zero-order valence-electron chi connectivity index (χ0n) is 10.7. The molecule has 5 heteroatoms. The standard InChI is InChI=1S/C14H17N3OS/c18-17-9-16-12-4-5-13-11(8-12)7-10-3-1-2-6-15-14(10)19-13/h4-5,8-10,18H,1-3,6-7H2,(H,16,17). The summed E-state index contributed by atoms with van der Waals surface area (Å²) < 4.78 is 0. The van der Waals surface area contributed by atoms with E-state index in [0.717, 1.165) is 18.7 Å². The summed E-state index contributed by atoms with van der Waals surface area (Å²) in [7, 11) is 0. The SMILES string of the molecule is ONC=Nc1ccc2c(c1)CC1CCCCN=C1S2. The zero-order valence-corrected chi connectivity index (χ0v) is 11.5. The molecule has 0 aliphatic carbocycles. The molecule has 0 spiro atoms. The lowest BCUT2D eigenvalue weighted by Gasteiger charge is -2.24. The van der Waals surface area contributed by atoms with Crippen molar-refractivity contribution in [2.45, 2.75) is 30.6 Å². The Balaban J connectivity index is 1.87. The highest BCUT2D eigenvalue weighted by Gasteiger charge is 2.26. The average Bonchev–Trinajstić information content (AvgIpc) is 2.67. The van der Waals surface area contributed by atoms with E-state index in [1.54, 1.807) is 0 Å². The molecule has 100 valence electrons. The molecule has 3 rings (SSSR count). The number of hydrogen-bond acceptors (Lipinski definition) is 4. The Kier molecular flexibility index (Phi) is 3.84. The Morgan fingerprint density at radius 2 is 2.37 bits per heavy atom. The fraction of sp³-hybridized carbons (Fsp3) is 0.429. The van der Waals surface area contributed by atoms with Crippen molar-refractivity contribution in [3.05, 3.63) is 23.8 Å². The molecular formula is C14H17N3OS.